The number of hydrogen-bond acceptors (Lipinski definition) is 8. The molecule has 0 spiro atoms. The number of fused-ring (bicyclic) bond motifs is 2. The van der Waals surface area contributed by atoms with Crippen molar-refractivity contribution in [2.24, 2.45) is 10.2 Å². The molecule has 0 unspecified atom stereocenters. The molecule has 2 amide bonds. The van der Waals surface area contributed by atoms with E-state index in [-0.39, 0.29) is 22.5 Å². The molecule has 4 aromatic heterocycles. The smallest absolute Gasteiger partial charge is 0.267 e. The Hall–Kier alpha value is -6.16. The van der Waals surface area contributed by atoms with Gasteiger partial charge in [-0.25, -0.2) is 20.8 Å². The van der Waals surface area contributed by atoms with E-state index in [1.165, 1.54) is 24.8 Å². The minimum atomic E-state index is -0.521. The van der Waals surface area contributed by atoms with Gasteiger partial charge in [0.15, 0.2) is 0 Å². The maximum atomic E-state index is 13.1. The molecule has 0 saturated heterocycles. The predicted molar refractivity (Wildman–Crippen MR) is 161 cm³/mol. The molecule has 4 heterocycles. The zero-order valence-electron chi connectivity index (χ0n) is 22.0. The Labute approximate surface area is 239 Å². The Morgan fingerprint density at radius 2 is 1.00 bits per heavy atom. The zero-order chi connectivity index (χ0) is 28.7. The first-order valence-electron chi connectivity index (χ1n) is 12.9. The highest BCUT2D eigenvalue weighted by Gasteiger charge is 2.20. The van der Waals surface area contributed by atoms with Gasteiger partial charge in [0.2, 0.25) is 0 Å². The summed E-state index contributed by atoms with van der Waals surface area (Å²) in [7, 11) is 0. The van der Waals surface area contributed by atoms with E-state index in [2.05, 4.69) is 41.0 Å². The fourth-order valence-electron chi connectivity index (χ4n) is 4.30. The number of carbonyl (C=O) groups is 2. The van der Waals surface area contributed by atoms with Crippen LogP contribution in [0.2, 0.25) is 0 Å². The van der Waals surface area contributed by atoms with Crippen molar-refractivity contribution in [3.63, 3.8) is 0 Å². The van der Waals surface area contributed by atoms with Gasteiger partial charge in [0.25, 0.3) is 11.8 Å². The zero-order valence-corrected chi connectivity index (χ0v) is 22.0. The Bertz CT molecular complexity index is 1860. The van der Waals surface area contributed by atoms with Gasteiger partial charge in [0.05, 0.1) is 46.0 Å². The van der Waals surface area contributed by atoms with Crippen molar-refractivity contribution in [1.29, 1.82) is 0 Å². The Balaban J connectivity index is 1.19. The van der Waals surface area contributed by atoms with Crippen LogP contribution in [0, 0.1) is 0 Å². The highest BCUT2D eigenvalue weighted by Crippen LogP contribution is 2.23. The standard InChI is InChI=1S/C32H22N8O2/c41-31(39-35-19-23-15-13-21-7-1-3-11-27(21)37-23)25-9-5-17-33-29(25)30-26(10-6-18-34-30)32(42)40-36-20-24-16-14-22-8-2-4-12-28(22)38-24/h1-20H,(H,39,41)(H,40,42)/b35-19+,36-20+. The largest absolute Gasteiger partial charge is 0.273 e. The van der Waals surface area contributed by atoms with Crippen LogP contribution in [0.15, 0.2) is 120 Å². The number of hydrazone groups is 2. The number of nitrogens with one attached hydrogen (secondary N) is 2. The number of pyridine rings is 4. The SMILES string of the molecule is O=C(N/N=C/c1ccc2ccccc2n1)c1cccnc1-c1ncccc1C(=O)N/N=C/c1ccc2ccccc2n1. The molecular weight excluding hydrogens is 528 g/mol. The summed E-state index contributed by atoms with van der Waals surface area (Å²) in [5, 5.41) is 10.1. The third kappa shape index (κ3) is 5.73. The van der Waals surface area contributed by atoms with E-state index in [0.717, 1.165) is 21.8 Å². The number of carbonyl (C=O) groups excluding carboxylic acids is 2. The molecule has 10 heteroatoms. The average molecular weight is 551 g/mol. The second-order valence-corrected chi connectivity index (χ2v) is 9.06. The van der Waals surface area contributed by atoms with Crippen LogP contribution in [0.4, 0.5) is 0 Å². The molecule has 6 rings (SSSR count). The van der Waals surface area contributed by atoms with E-state index < -0.39 is 11.8 Å². The lowest BCUT2D eigenvalue weighted by molar-refractivity contribution is 0.0945. The maximum Gasteiger partial charge on any atom is 0.273 e. The van der Waals surface area contributed by atoms with Crippen molar-refractivity contribution < 1.29 is 9.59 Å². The summed E-state index contributed by atoms with van der Waals surface area (Å²) in [6, 6.07) is 29.3. The van der Waals surface area contributed by atoms with Gasteiger partial charge in [-0.2, -0.15) is 10.2 Å². The van der Waals surface area contributed by atoms with Gasteiger partial charge in [-0.15, -0.1) is 0 Å². The van der Waals surface area contributed by atoms with Crippen LogP contribution in [0.25, 0.3) is 33.2 Å². The highest BCUT2D eigenvalue weighted by molar-refractivity contribution is 6.05. The number of para-hydroxylation sites is 2. The van der Waals surface area contributed by atoms with Crippen molar-refractivity contribution in [2.75, 3.05) is 0 Å². The molecule has 0 radical (unpaired) electrons. The van der Waals surface area contributed by atoms with Crippen molar-refractivity contribution in [3.05, 3.63) is 132 Å². The molecular formula is C32H22N8O2. The van der Waals surface area contributed by atoms with E-state index in [1.54, 1.807) is 24.3 Å². The number of amides is 2. The maximum absolute atomic E-state index is 13.1. The lowest BCUT2D eigenvalue weighted by atomic mass is 10.1. The predicted octanol–water partition coefficient (Wildman–Crippen LogP) is 4.77. The normalized spacial score (nSPS) is 11.3. The molecule has 0 bridgehead atoms. The molecule has 0 atom stereocenters. The summed E-state index contributed by atoms with van der Waals surface area (Å²) < 4.78 is 0. The topological polar surface area (TPSA) is 134 Å². The van der Waals surface area contributed by atoms with Gasteiger partial charge in [-0.05, 0) is 48.5 Å². The quantitative estimate of drug-likeness (QED) is 0.217. The summed E-state index contributed by atoms with van der Waals surface area (Å²) in [5.41, 5.74) is 8.67. The Morgan fingerprint density at radius 1 is 0.548 bits per heavy atom. The van der Waals surface area contributed by atoms with Crippen LogP contribution in [-0.4, -0.2) is 44.2 Å². The molecule has 0 fully saturated rings. The number of benzene rings is 2. The van der Waals surface area contributed by atoms with E-state index >= 15 is 0 Å². The Kier molecular flexibility index (Phi) is 7.41. The molecule has 0 aliphatic heterocycles. The van der Waals surface area contributed by atoms with E-state index in [9.17, 15) is 9.59 Å². The number of hydrogen-bond donors (Lipinski definition) is 2. The van der Waals surface area contributed by atoms with Crippen LogP contribution in [0.3, 0.4) is 0 Å². The molecule has 2 aromatic carbocycles. The van der Waals surface area contributed by atoms with Crippen LogP contribution >= 0.6 is 0 Å². The first-order valence-corrected chi connectivity index (χ1v) is 12.9. The summed E-state index contributed by atoms with van der Waals surface area (Å²) in [6.07, 6.45) is 5.97. The van der Waals surface area contributed by atoms with Crippen LogP contribution < -0.4 is 10.9 Å². The fourth-order valence-corrected chi connectivity index (χ4v) is 4.30. The molecule has 10 nitrogen and oxygen atoms in total. The van der Waals surface area contributed by atoms with Gasteiger partial charge in [0.1, 0.15) is 11.4 Å². The monoisotopic (exact) mass is 550 g/mol. The minimum absolute atomic E-state index is 0.192. The van der Waals surface area contributed by atoms with E-state index in [0.29, 0.717) is 11.4 Å². The highest BCUT2D eigenvalue weighted by atomic mass is 16.2. The molecule has 0 saturated carbocycles. The number of nitrogens with zero attached hydrogens (tertiary/aromatic N) is 6. The second kappa shape index (κ2) is 11.9. The number of aromatic nitrogens is 4. The second-order valence-electron chi connectivity index (χ2n) is 9.06. The molecule has 202 valence electrons. The summed E-state index contributed by atoms with van der Waals surface area (Å²) in [4.78, 5) is 43.9. The van der Waals surface area contributed by atoms with Crippen molar-refractivity contribution in [3.8, 4) is 11.4 Å². The van der Waals surface area contributed by atoms with Gasteiger partial charge in [0, 0.05) is 23.2 Å². The van der Waals surface area contributed by atoms with Gasteiger partial charge in [-0.1, -0.05) is 48.5 Å². The first kappa shape index (κ1) is 26.1. The van der Waals surface area contributed by atoms with Gasteiger partial charge < -0.3 is 0 Å². The molecule has 0 aliphatic rings. The van der Waals surface area contributed by atoms with Gasteiger partial charge >= 0.3 is 0 Å². The first-order chi connectivity index (χ1) is 20.7. The Morgan fingerprint density at radius 3 is 1.48 bits per heavy atom. The molecule has 2 N–H and O–H groups in total. The van der Waals surface area contributed by atoms with Crippen LogP contribution in [-0.2, 0) is 0 Å². The van der Waals surface area contributed by atoms with Crippen molar-refractivity contribution in [1.82, 2.24) is 30.8 Å². The fraction of sp³-hybridized carbons (Fsp3) is 0. The van der Waals surface area contributed by atoms with E-state index in [1.807, 2.05) is 72.8 Å². The van der Waals surface area contributed by atoms with Crippen LogP contribution in [0.1, 0.15) is 32.1 Å². The lowest BCUT2D eigenvalue weighted by Gasteiger charge is -2.10. The summed E-state index contributed by atoms with van der Waals surface area (Å²) in [5.74, 6) is -1.04. The molecule has 6 aromatic rings. The van der Waals surface area contributed by atoms with Crippen LogP contribution in [0.5, 0.6) is 0 Å². The minimum Gasteiger partial charge on any atom is -0.267 e. The van der Waals surface area contributed by atoms with Crippen molar-refractivity contribution >= 4 is 46.0 Å². The summed E-state index contributed by atoms with van der Waals surface area (Å²) >= 11 is 0. The van der Waals surface area contributed by atoms with Crippen molar-refractivity contribution in [2.45, 2.75) is 0 Å². The third-order valence-corrected chi connectivity index (χ3v) is 6.29. The lowest BCUT2D eigenvalue weighted by Crippen LogP contribution is -2.21. The third-order valence-electron chi connectivity index (χ3n) is 6.29. The van der Waals surface area contributed by atoms with Gasteiger partial charge in [-0.3, -0.25) is 19.6 Å². The molecule has 42 heavy (non-hydrogen) atoms. The number of rotatable bonds is 7. The molecule has 0 aliphatic carbocycles. The average Bonchev–Trinajstić information content (AvgIpc) is 3.04. The van der Waals surface area contributed by atoms with E-state index in [4.69, 9.17) is 0 Å². The summed E-state index contributed by atoms with van der Waals surface area (Å²) in [6.45, 7) is 0.